The molecular weight excluding hydrogens is 318 g/mol. The van der Waals surface area contributed by atoms with Crippen molar-refractivity contribution >= 4 is 6.09 Å². The van der Waals surface area contributed by atoms with Gasteiger partial charge in [-0.3, -0.25) is 0 Å². The van der Waals surface area contributed by atoms with E-state index in [9.17, 15) is 4.79 Å². The number of nitriles is 1. The van der Waals surface area contributed by atoms with E-state index in [4.69, 9.17) is 14.7 Å². The van der Waals surface area contributed by atoms with Crippen molar-refractivity contribution in [2.24, 2.45) is 0 Å². The molecule has 1 atom stereocenters. The molecule has 6 heteroatoms. The van der Waals surface area contributed by atoms with E-state index in [-0.39, 0.29) is 12.1 Å². The lowest BCUT2D eigenvalue weighted by atomic mass is 9.98. The number of piperidine rings is 1. The Bertz CT molecular complexity index is 619. The third-order valence-corrected chi connectivity index (χ3v) is 4.07. The smallest absolute Gasteiger partial charge is 0.410 e. The average Bonchev–Trinajstić information content (AvgIpc) is 2.58. The molecule has 2 rings (SSSR count). The second-order valence-electron chi connectivity index (χ2n) is 7.28. The zero-order valence-corrected chi connectivity index (χ0v) is 15.3. The van der Waals surface area contributed by atoms with Crippen LogP contribution in [0.1, 0.15) is 58.4 Å². The minimum Gasteiger partial charge on any atom is -0.477 e. The van der Waals surface area contributed by atoms with Crippen LogP contribution in [0.2, 0.25) is 0 Å². The minimum atomic E-state index is -0.477. The number of rotatable bonds is 5. The molecule has 2 heterocycles. The lowest BCUT2D eigenvalue weighted by Crippen LogP contribution is -2.46. The number of amides is 1. The van der Waals surface area contributed by atoms with Gasteiger partial charge < -0.3 is 14.4 Å². The molecule has 6 nitrogen and oxygen atoms in total. The number of likely N-dealkylation sites (tertiary alicyclic amines) is 1. The van der Waals surface area contributed by atoms with E-state index < -0.39 is 5.60 Å². The molecule has 0 spiro atoms. The van der Waals surface area contributed by atoms with Crippen molar-refractivity contribution in [1.82, 2.24) is 9.88 Å². The predicted octanol–water partition coefficient (Wildman–Crippen LogP) is 3.90. The van der Waals surface area contributed by atoms with Gasteiger partial charge in [0.05, 0.1) is 6.61 Å². The van der Waals surface area contributed by atoms with Crippen LogP contribution >= 0.6 is 0 Å². The highest BCUT2D eigenvalue weighted by Crippen LogP contribution is 2.23. The maximum atomic E-state index is 12.4. The number of carbonyl (C=O) groups excluding carboxylic acids is 1. The lowest BCUT2D eigenvalue weighted by molar-refractivity contribution is 0.00822. The van der Waals surface area contributed by atoms with Crippen LogP contribution in [-0.4, -0.2) is 40.8 Å². The highest BCUT2D eigenvalue weighted by molar-refractivity contribution is 5.68. The molecule has 0 saturated carbocycles. The lowest BCUT2D eigenvalue weighted by Gasteiger charge is -2.36. The molecule has 25 heavy (non-hydrogen) atoms. The number of carbonyl (C=O) groups is 1. The van der Waals surface area contributed by atoms with Gasteiger partial charge in [-0.15, -0.1) is 0 Å². The van der Waals surface area contributed by atoms with E-state index in [1.807, 2.05) is 25.7 Å². The van der Waals surface area contributed by atoms with Crippen molar-refractivity contribution in [1.29, 1.82) is 5.26 Å². The summed E-state index contributed by atoms with van der Waals surface area (Å²) in [5.74, 6) is 0.373. The van der Waals surface area contributed by atoms with Gasteiger partial charge in [-0.1, -0.05) is 0 Å². The second-order valence-corrected chi connectivity index (χ2v) is 7.28. The summed E-state index contributed by atoms with van der Waals surface area (Å²) in [5, 5.41) is 9.04. The average molecular weight is 345 g/mol. The van der Waals surface area contributed by atoms with Crippen LogP contribution in [0.3, 0.4) is 0 Å². The van der Waals surface area contributed by atoms with Crippen LogP contribution in [0.5, 0.6) is 5.88 Å². The highest BCUT2D eigenvalue weighted by atomic mass is 16.6. The first kappa shape index (κ1) is 19.0. The first-order valence-corrected chi connectivity index (χ1v) is 8.88. The summed E-state index contributed by atoms with van der Waals surface area (Å²) in [6, 6.07) is 5.66. The van der Waals surface area contributed by atoms with Crippen LogP contribution in [0.4, 0.5) is 4.79 Å². The molecule has 1 unspecified atom stereocenters. The Morgan fingerprint density at radius 1 is 1.44 bits per heavy atom. The van der Waals surface area contributed by atoms with Crippen LogP contribution in [-0.2, 0) is 4.74 Å². The predicted molar refractivity (Wildman–Crippen MR) is 94.3 cm³/mol. The Labute approximate surface area is 149 Å². The first-order chi connectivity index (χ1) is 11.9. The number of pyridine rings is 1. The number of hydrogen-bond acceptors (Lipinski definition) is 5. The van der Waals surface area contributed by atoms with Gasteiger partial charge in [-0.25, -0.2) is 9.78 Å². The fourth-order valence-electron chi connectivity index (χ4n) is 2.94. The van der Waals surface area contributed by atoms with Gasteiger partial charge in [0, 0.05) is 18.8 Å². The number of hydrogen-bond donors (Lipinski definition) is 0. The highest BCUT2D eigenvalue weighted by Gasteiger charge is 2.30. The molecule has 0 aromatic carbocycles. The third-order valence-electron chi connectivity index (χ3n) is 4.07. The van der Waals surface area contributed by atoms with Gasteiger partial charge in [0.2, 0.25) is 5.88 Å². The summed E-state index contributed by atoms with van der Waals surface area (Å²) in [6.07, 6.45) is 6.18. The molecule has 0 bridgehead atoms. The van der Waals surface area contributed by atoms with Gasteiger partial charge in [0.1, 0.15) is 17.2 Å². The summed E-state index contributed by atoms with van der Waals surface area (Å²) in [7, 11) is 0. The Morgan fingerprint density at radius 3 is 2.96 bits per heavy atom. The van der Waals surface area contributed by atoms with Crippen molar-refractivity contribution < 1.29 is 14.3 Å². The summed E-state index contributed by atoms with van der Waals surface area (Å²) < 4.78 is 11.2. The Kier molecular flexibility index (Phi) is 6.63. The summed E-state index contributed by atoms with van der Waals surface area (Å²) in [4.78, 5) is 18.3. The monoisotopic (exact) mass is 345 g/mol. The zero-order chi connectivity index (χ0) is 18.3. The van der Waals surface area contributed by atoms with Crippen molar-refractivity contribution in [3.05, 3.63) is 23.9 Å². The Balaban J connectivity index is 1.83. The quantitative estimate of drug-likeness (QED) is 0.757. The Morgan fingerprint density at radius 2 is 2.24 bits per heavy atom. The standard InChI is InChI=1S/C19H27N3O3/c1-19(2,3)25-18(23)22-12-5-4-9-16(22)10-7-13-24-17-15(14-20)8-6-11-21-17/h6,8,11,16H,4-5,7,9-10,12-13H2,1-3H3. The van der Waals surface area contributed by atoms with Gasteiger partial charge >= 0.3 is 6.09 Å². The third kappa shape index (κ3) is 5.93. The van der Waals surface area contributed by atoms with Crippen LogP contribution in [0.25, 0.3) is 0 Å². The van der Waals surface area contributed by atoms with Crippen molar-refractivity contribution in [3.63, 3.8) is 0 Å². The van der Waals surface area contributed by atoms with Crippen LogP contribution in [0.15, 0.2) is 18.3 Å². The maximum Gasteiger partial charge on any atom is 0.410 e. The fraction of sp³-hybridized carbons (Fsp3) is 0.632. The summed E-state index contributed by atoms with van der Waals surface area (Å²) in [6.45, 7) is 6.88. The zero-order valence-electron chi connectivity index (χ0n) is 15.3. The summed E-state index contributed by atoms with van der Waals surface area (Å²) >= 11 is 0. The molecular formula is C19H27N3O3. The van der Waals surface area contributed by atoms with E-state index in [1.165, 1.54) is 0 Å². The molecule has 0 radical (unpaired) electrons. The van der Waals surface area contributed by atoms with Gasteiger partial charge in [0.25, 0.3) is 0 Å². The topological polar surface area (TPSA) is 75.4 Å². The van der Waals surface area contributed by atoms with E-state index in [0.29, 0.717) is 18.1 Å². The van der Waals surface area contributed by atoms with Crippen LogP contribution < -0.4 is 4.74 Å². The van der Waals surface area contributed by atoms with Gasteiger partial charge in [0.15, 0.2) is 0 Å². The van der Waals surface area contributed by atoms with Gasteiger partial charge in [-0.2, -0.15) is 5.26 Å². The van der Waals surface area contributed by atoms with E-state index in [0.717, 1.165) is 38.6 Å². The summed E-state index contributed by atoms with van der Waals surface area (Å²) in [5.41, 5.74) is -0.0370. The number of aromatic nitrogens is 1. The van der Waals surface area contributed by atoms with Crippen LogP contribution in [0, 0.1) is 11.3 Å². The van der Waals surface area contributed by atoms with E-state index >= 15 is 0 Å². The molecule has 1 aromatic heterocycles. The van der Waals surface area contributed by atoms with Crippen molar-refractivity contribution in [2.75, 3.05) is 13.2 Å². The molecule has 1 amide bonds. The minimum absolute atomic E-state index is 0.186. The molecule has 136 valence electrons. The van der Waals surface area contributed by atoms with E-state index in [1.54, 1.807) is 18.3 Å². The molecule has 0 aliphatic carbocycles. The molecule has 1 fully saturated rings. The SMILES string of the molecule is CC(C)(C)OC(=O)N1CCCCC1CCCOc1ncccc1C#N. The molecule has 1 aromatic rings. The van der Waals surface area contributed by atoms with E-state index in [2.05, 4.69) is 11.1 Å². The van der Waals surface area contributed by atoms with Gasteiger partial charge in [-0.05, 0) is 65.0 Å². The molecule has 1 aliphatic rings. The molecule has 1 aliphatic heterocycles. The number of ether oxygens (including phenoxy) is 2. The fourth-order valence-corrected chi connectivity index (χ4v) is 2.94. The first-order valence-electron chi connectivity index (χ1n) is 8.88. The van der Waals surface area contributed by atoms with Crippen molar-refractivity contribution in [3.8, 4) is 11.9 Å². The largest absolute Gasteiger partial charge is 0.477 e. The molecule has 1 saturated heterocycles. The normalized spacial score (nSPS) is 17.7. The molecule has 0 N–H and O–H groups in total. The van der Waals surface area contributed by atoms with Crippen molar-refractivity contribution in [2.45, 2.75) is 64.5 Å². The Hall–Kier alpha value is -2.29. The number of nitrogens with zero attached hydrogens (tertiary/aromatic N) is 3. The maximum absolute atomic E-state index is 12.4. The second kappa shape index (κ2) is 8.70.